The molecule has 2 unspecified atom stereocenters. The summed E-state index contributed by atoms with van der Waals surface area (Å²) in [5, 5.41) is 1.85. The summed E-state index contributed by atoms with van der Waals surface area (Å²) in [4.78, 5) is 52.3. The van der Waals surface area contributed by atoms with E-state index >= 15 is 0 Å². The van der Waals surface area contributed by atoms with Gasteiger partial charge in [-0.15, -0.1) is 0 Å². The molecule has 2 fully saturated rings. The third-order valence-corrected chi connectivity index (χ3v) is 7.85. The predicted molar refractivity (Wildman–Crippen MR) is 140 cm³/mol. The number of alkyl carbamates (subject to hydrolysis) is 1. The molecule has 38 heavy (non-hydrogen) atoms. The molecule has 12 nitrogen and oxygen atoms in total. The van der Waals surface area contributed by atoms with Crippen molar-refractivity contribution < 1.29 is 37.1 Å². The number of carbonyl (C=O) groups is 4. The van der Waals surface area contributed by atoms with Crippen molar-refractivity contribution in [3.05, 3.63) is 12.2 Å². The minimum absolute atomic E-state index is 0.166. The van der Waals surface area contributed by atoms with Gasteiger partial charge in [0.15, 0.2) is 0 Å². The fourth-order valence-corrected chi connectivity index (χ4v) is 5.11. The summed E-state index contributed by atoms with van der Waals surface area (Å²) in [6.07, 6.45) is 6.16. The maximum Gasteiger partial charge on any atom is 0.408 e. The number of nitrogens with two attached hydrogens (primary N) is 1. The number of nitrogens with one attached hydrogen (secondary N) is 2. The molecule has 4 N–H and O–H groups in total. The van der Waals surface area contributed by atoms with Gasteiger partial charge < -0.3 is 25.4 Å². The van der Waals surface area contributed by atoms with Crippen LogP contribution >= 0.6 is 0 Å². The SMILES string of the molecule is CC(/C=C\CCCOC[C@H](NC(=O)OC(C)(C)C)C(=O)N1CCCC1C(=O)C(=O)NS(=O)(=O)C1CC1)CN. The Morgan fingerprint density at radius 1 is 1.16 bits per heavy atom. The minimum Gasteiger partial charge on any atom is -0.444 e. The summed E-state index contributed by atoms with van der Waals surface area (Å²) in [6, 6.07) is -2.29. The van der Waals surface area contributed by atoms with E-state index in [0.29, 0.717) is 38.8 Å². The molecule has 3 amide bonds. The van der Waals surface area contributed by atoms with Crippen LogP contribution in [0.1, 0.15) is 66.2 Å². The first-order valence-corrected chi connectivity index (χ1v) is 14.6. The number of amides is 3. The van der Waals surface area contributed by atoms with E-state index in [4.69, 9.17) is 15.2 Å². The molecule has 1 saturated heterocycles. The first-order valence-electron chi connectivity index (χ1n) is 13.1. The molecule has 1 aliphatic carbocycles. The number of ether oxygens (including phenoxy) is 2. The van der Waals surface area contributed by atoms with Gasteiger partial charge in [-0.25, -0.2) is 17.9 Å². The van der Waals surface area contributed by atoms with Gasteiger partial charge in [-0.1, -0.05) is 19.1 Å². The van der Waals surface area contributed by atoms with Crippen molar-refractivity contribution in [3.8, 4) is 0 Å². The molecule has 1 aliphatic heterocycles. The summed E-state index contributed by atoms with van der Waals surface area (Å²) < 4.78 is 36.9. The third-order valence-electron chi connectivity index (χ3n) is 6.03. The van der Waals surface area contributed by atoms with Crippen LogP contribution in [0.15, 0.2) is 12.2 Å². The largest absolute Gasteiger partial charge is 0.444 e. The van der Waals surface area contributed by atoms with Crippen LogP contribution in [0.4, 0.5) is 4.79 Å². The van der Waals surface area contributed by atoms with Crippen molar-refractivity contribution in [2.75, 3.05) is 26.3 Å². The Morgan fingerprint density at radius 2 is 1.84 bits per heavy atom. The number of carbonyl (C=O) groups excluding carboxylic acids is 4. The molecular formula is C25H42N4O8S. The predicted octanol–water partition coefficient (Wildman–Crippen LogP) is 0.996. The summed E-state index contributed by atoms with van der Waals surface area (Å²) >= 11 is 0. The normalized spacial score (nSPS) is 19.7. The smallest absolute Gasteiger partial charge is 0.408 e. The lowest BCUT2D eigenvalue weighted by Gasteiger charge is -2.29. The quantitative estimate of drug-likeness (QED) is 0.160. The molecule has 0 aromatic heterocycles. The molecule has 13 heteroatoms. The van der Waals surface area contributed by atoms with Crippen molar-refractivity contribution in [3.63, 3.8) is 0 Å². The number of nitrogens with zero attached hydrogens (tertiary/aromatic N) is 1. The summed E-state index contributed by atoms with van der Waals surface area (Å²) in [5.74, 6) is -2.59. The van der Waals surface area contributed by atoms with Gasteiger partial charge in [0.1, 0.15) is 17.7 Å². The van der Waals surface area contributed by atoms with E-state index in [1.807, 2.05) is 23.8 Å². The van der Waals surface area contributed by atoms with Gasteiger partial charge in [-0.3, -0.25) is 14.4 Å². The highest BCUT2D eigenvalue weighted by molar-refractivity contribution is 7.91. The molecule has 216 valence electrons. The third kappa shape index (κ3) is 10.3. The van der Waals surface area contributed by atoms with Crippen LogP contribution in [0, 0.1) is 5.92 Å². The van der Waals surface area contributed by atoms with Crippen molar-refractivity contribution in [2.24, 2.45) is 11.7 Å². The molecule has 2 aliphatic rings. The average molecular weight is 559 g/mol. The summed E-state index contributed by atoms with van der Waals surface area (Å²) in [5.41, 5.74) is 4.78. The molecule has 2 rings (SSSR count). The summed E-state index contributed by atoms with van der Waals surface area (Å²) in [6.45, 7) is 7.95. The Balaban J connectivity index is 2.02. The first kappa shape index (κ1) is 31.7. The van der Waals surface area contributed by atoms with Crippen molar-refractivity contribution in [1.82, 2.24) is 14.9 Å². The van der Waals surface area contributed by atoms with Gasteiger partial charge in [0.25, 0.3) is 0 Å². The zero-order valence-electron chi connectivity index (χ0n) is 22.7. The zero-order chi connectivity index (χ0) is 28.5. The topological polar surface area (TPSA) is 174 Å². The van der Waals surface area contributed by atoms with E-state index in [1.165, 1.54) is 4.90 Å². The van der Waals surface area contributed by atoms with Crippen LogP contribution in [0.25, 0.3) is 0 Å². The molecular weight excluding hydrogens is 516 g/mol. The Bertz CT molecular complexity index is 988. The summed E-state index contributed by atoms with van der Waals surface area (Å²) in [7, 11) is -3.90. The monoisotopic (exact) mass is 558 g/mol. The number of sulfonamides is 1. The molecule has 3 atom stereocenters. The fraction of sp³-hybridized carbons (Fsp3) is 0.760. The van der Waals surface area contributed by atoms with Crippen molar-refractivity contribution in [2.45, 2.75) is 89.2 Å². The van der Waals surface area contributed by atoms with Gasteiger partial charge in [0.05, 0.1) is 11.9 Å². The Hall–Kier alpha value is -2.51. The Morgan fingerprint density at radius 3 is 2.45 bits per heavy atom. The van der Waals surface area contributed by atoms with E-state index < -0.39 is 56.6 Å². The fourth-order valence-electron chi connectivity index (χ4n) is 3.83. The number of rotatable bonds is 14. The second kappa shape index (κ2) is 14.0. The van der Waals surface area contributed by atoms with E-state index in [-0.39, 0.29) is 25.5 Å². The molecule has 0 aromatic rings. The van der Waals surface area contributed by atoms with E-state index in [0.717, 1.165) is 6.42 Å². The highest BCUT2D eigenvalue weighted by Crippen LogP contribution is 2.27. The average Bonchev–Trinajstić information content (AvgIpc) is 3.58. The molecule has 1 heterocycles. The van der Waals surface area contributed by atoms with Crippen molar-refractivity contribution >= 4 is 33.7 Å². The van der Waals surface area contributed by atoms with Gasteiger partial charge in [0.2, 0.25) is 21.7 Å². The van der Waals surface area contributed by atoms with Crippen LogP contribution in [0.5, 0.6) is 0 Å². The number of hydrogen-bond donors (Lipinski definition) is 3. The van der Waals surface area contributed by atoms with Crippen LogP contribution in [-0.2, 0) is 33.9 Å². The van der Waals surface area contributed by atoms with Crippen LogP contribution < -0.4 is 15.8 Å². The number of Topliss-reactive ketones (excluding diaryl/α,β-unsaturated/α-hetero) is 1. The highest BCUT2D eigenvalue weighted by atomic mass is 32.2. The maximum absolute atomic E-state index is 13.4. The van der Waals surface area contributed by atoms with Gasteiger partial charge >= 0.3 is 12.0 Å². The zero-order valence-corrected chi connectivity index (χ0v) is 23.6. The number of hydrogen-bond acceptors (Lipinski definition) is 9. The van der Waals surface area contributed by atoms with Gasteiger partial charge in [-0.2, -0.15) is 0 Å². The maximum atomic E-state index is 13.4. The first-order chi connectivity index (χ1) is 17.7. The Kier molecular flexibility index (Phi) is 11.7. The highest BCUT2D eigenvalue weighted by Gasteiger charge is 2.43. The van der Waals surface area contributed by atoms with Gasteiger partial charge in [-0.05, 0) is 71.8 Å². The van der Waals surface area contributed by atoms with Crippen LogP contribution in [0.3, 0.4) is 0 Å². The van der Waals surface area contributed by atoms with E-state index in [2.05, 4.69) is 5.32 Å². The van der Waals surface area contributed by atoms with Gasteiger partial charge in [0, 0.05) is 13.2 Å². The van der Waals surface area contributed by atoms with E-state index in [1.54, 1.807) is 20.8 Å². The lowest BCUT2D eigenvalue weighted by atomic mass is 10.1. The Labute approximate surface area is 225 Å². The van der Waals surface area contributed by atoms with Crippen LogP contribution in [0.2, 0.25) is 0 Å². The molecule has 0 spiro atoms. The minimum atomic E-state index is -3.90. The van der Waals surface area contributed by atoms with E-state index in [9.17, 15) is 27.6 Å². The number of ketones is 1. The number of likely N-dealkylation sites (tertiary alicyclic amines) is 1. The number of unbranched alkanes of at least 4 members (excludes halogenated alkanes) is 1. The molecule has 1 saturated carbocycles. The lowest BCUT2D eigenvalue weighted by molar-refractivity contribution is -0.145. The number of allylic oxidation sites excluding steroid dienone is 1. The molecule has 0 bridgehead atoms. The second-order valence-corrected chi connectivity index (χ2v) is 12.7. The standard InChI is InChI=1S/C25H42N4O8S/c1-17(15-26)9-6-5-7-14-36-16-19(27-24(33)37-25(2,3)4)23(32)29-13-8-10-20(29)21(30)22(31)28-38(34,35)18-11-12-18/h6,9,17-20H,5,7-8,10-16,26H2,1-4H3,(H,27,33)(H,28,31)/b9-6-/t17?,19-,20?/m0/s1. The van der Waals surface area contributed by atoms with Crippen LogP contribution in [-0.4, -0.2) is 86.2 Å². The molecule has 0 radical (unpaired) electrons. The second-order valence-electron chi connectivity index (χ2n) is 10.8. The molecule has 0 aromatic carbocycles. The lowest BCUT2D eigenvalue weighted by Crippen LogP contribution is -2.56. The van der Waals surface area contributed by atoms with Crippen molar-refractivity contribution in [1.29, 1.82) is 0 Å².